The summed E-state index contributed by atoms with van der Waals surface area (Å²) in [4.78, 5) is 27.1. The molecule has 8 heteroatoms. The second kappa shape index (κ2) is 7.03. The van der Waals surface area contributed by atoms with Crippen molar-refractivity contribution in [2.75, 3.05) is 38.5 Å². The van der Waals surface area contributed by atoms with Crippen molar-refractivity contribution in [3.8, 4) is 0 Å². The molecule has 152 valence electrons. The summed E-state index contributed by atoms with van der Waals surface area (Å²) in [6.45, 7) is 3.13. The molecule has 27 heavy (non-hydrogen) atoms. The second-order valence-corrected chi connectivity index (χ2v) is 11.3. The van der Waals surface area contributed by atoms with Crippen molar-refractivity contribution in [2.45, 2.75) is 45.4 Å². The Balaban J connectivity index is 1.28. The molecule has 5 fully saturated rings. The third-order valence-electron chi connectivity index (χ3n) is 7.27. The van der Waals surface area contributed by atoms with Crippen LogP contribution in [0.2, 0.25) is 0 Å². The van der Waals surface area contributed by atoms with Crippen molar-refractivity contribution in [3.63, 3.8) is 0 Å². The van der Waals surface area contributed by atoms with Crippen molar-refractivity contribution in [1.29, 1.82) is 0 Å². The molecule has 0 aromatic carbocycles. The van der Waals surface area contributed by atoms with Crippen molar-refractivity contribution in [3.05, 3.63) is 0 Å². The molecule has 2 amide bonds. The van der Waals surface area contributed by atoms with Crippen LogP contribution in [-0.4, -0.2) is 67.9 Å². The molecular formula is C19H31N3O4S. The first-order valence-corrected chi connectivity index (χ1v) is 12.0. The van der Waals surface area contributed by atoms with Crippen LogP contribution in [0.15, 0.2) is 0 Å². The van der Waals surface area contributed by atoms with Crippen LogP contribution < -0.4 is 5.32 Å². The van der Waals surface area contributed by atoms with E-state index in [4.69, 9.17) is 0 Å². The number of nitrogens with zero attached hydrogens (tertiary/aromatic N) is 2. The van der Waals surface area contributed by atoms with Gasteiger partial charge in [0.05, 0.1) is 12.3 Å². The molecule has 1 heterocycles. The monoisotopic (exact) mass is 397 g/mol. The molecule has 7 nitrogen and oxygen atoms in total. The third-order valence-corrected chi connectivity index (χ3v) is 9.15. The van der Waals surface area contributed by atoms with E-state index in [0.717, 1.165) is 19.3 Å². The highest BCUT2D eigenvalue weighted by molar-refractivity contribution is 7.89. The van der Waals surface area contributed by atoms with Crippen LogP contribution in [0.5, 0.6) is 0 Å². The first-order valence-electron chi connectivity index (χ1n) is 10.4. The lowest BCUT2D eigenvalue weighted by molar-refractivity contribution is -0.148. The fourth-order valence-corrected chi connectivity index (χ4v) is 7.33. The molecule has 0 aromatic rings. The minimum Gasteiger partial charge on any atom is -0.347 e. The molecule has 1 N–H and O–H groups in total. The Morgan fingerprint density at radius 1 is 0.963 bits per heavy atom. The molecule has 0 spiro atoms. The van der Waals surface area contributed by atoms with Crippen molar-refractivity contribution < 1.29 is 18.0 Å². The number of hydrogen-bond donors (Lipinski definition) is 1. The first-order chi connectivity index (χ1) is 12.8. The summed E-state index contributed by atoms with van der Waals surface area (Å²) >= 11 is 0. The smallest absolute Gasteiger partial charge is 0.242 e. The van der Waals surface area contributed by atoms with Crippen LogP contribution in [0, 0.1) is 23.2 Å². The van der Waals surface area contributed by atoms with Gasteiger partial charge in [0.15, 0.2) is 0 Å². The first kappa shape index (κ1) is 19.2. The van der Waals surface area contributed by atoms with Crippen LogP contribution in [0.4, 0.5) is 0 Å². The molecule has 1 saturated heterocycles. The van der Waals surface area contributed by atoms with E-state index in [1.54, 1.807) is 11.8 Å². The van der Waals surface area contributed by atoms with Crippen molar-refractivity contribution >= 4 is 21.8 Å². The van der Waals surface area contributed by atoms with Crippen molar-refractivity contribution in [1.82, 2.24) is 14.5 Å². The Labute approximate surface area is 161 Å². The van der Waals surface area contributed by atoms with E-state index in [1.165, 1.54) is 23.6 Å². The zero-order chi connectivity index (χ0) is 19.2. The summed E-state index contributed by atoms with van der Waals surface area (Å²) < 4.78 is 25.3. The number of sulfonamides is 1. The zero-order valence-corrected chi connectivity index (χ0v) is 17.0. The molecule has 4 bridgehead atoms. The number of carbonyl (C=O) groups is 2. The maximum Gasteiger partial charge on any atom is 0.242 e. The van der Waals surface area contributed by atoms with Gasteiger partial charge in [0, 0.05) is 31.6 Å². The van der Waals surface area contributed by atoms with Crippen LogP contribution in [-0.2, 0) is 19.6 Å². The molecule has 0 aromatic heterocycles. The number of amides is 2. The van der Waals surface area contributed by atoms with Gasteiger partial charge in [0.1, 0.15) is 0 Å². The fraction of sp³-hybridized carbons (Fsp3) is 0.895. The molecule has 5 rings (SSSR count). The molecular weight excluding hydrogens is 366 g/mol. The van der Waals surface area contributed by atoms with E-state index in [-0.39, 0.29) is 29.5 Å². The summed E-state index contributed by atoms with van der Waals surface area (Å²) in [6.07, 6.45) is 6.84. The lowest BCUT2D eigenvalue weighted by atomic mass is 9.49. The maximum absolute atomic E-state index is 12.9. The van der Waals surface area contributed by atoms with Gasteiger partial charge in [-0.25, -0.2) is 8.42 Å². The highest BCUT2D eigenvalue weighted by Gasteiger charge is 2.54. The molecule has 5 aliphatic rings. The molecule has 0 atom stereocenters. The number of carbonyl (C=O) groups excluding carboxylic acids is 2. The third kappa shape index (κ3) is 3.62. The Bertz CT molecular complexity index is 677. The largest absolute Gasteiger partial charge is 0.347 e. The maximum atomic E-state index is 12.9. The Hall–Kier alpha value is -1.15. The average molecular weight is 398 g/mol. The molecule has 0 unspecified atom stereocenters. The fourth-order valence-electron chi connectivity index (χ4n) is 6.24. The van der Waals surface area contributed by atoms with Crippen LogP contribution >= 0.6 is 0 Å². The van der Waals surface area contributed by atoms with Crippen molar-refractivity contribution in [2.24, 2.45) is 23.2 Å². The molecule has 1 aliphatic heterocycles. The summed E-state index contributed by atoms with van der Waals surface area (Å²) in [5, 5.41) is 2.93. The molecule has 0 radical (unpaired) electrons. The van der Waals surface area contributed by atoms with E-state index < -0.39 is 10.0 Å². The minimum atomic E-state index is -3.20. The Kier molecular flexibility index (Phi) is 4.99. The summed E-state index contributed by atoms with van der Waals surface area (Å²) in [5.74, 6) is 2.15. The van der Waals surface area contributed by atoms with Gasteiger partial charge in [-0.05, 0) is 63.2 Å². The number of nitrogens with one attached hydrogen (secondary N) is 1. The zero-order valence-electron chi connectivity index (χ0n) is 16.2. The Morgan fingerprint density at radius 3 is 1.96 bits per heavy atom. The summed E-state index contributed by atoms with van der Waals surface area (Å²) in [6, 6.07) is 0. The van der Waals surface area contributed by atoms with Gasteiger partial charge in [0.2, 0.25) is 21.8 Å². The quantitative estimate of drug-likeness (QED) is 0.744. The van der Waals surface area contributed by atoms with Crippen LogP contribution in [0.1, 0.15) is 45.4 Å². The number of hydrogen-bond acceptors (Lipinski definition) is 4. The minimum absolute atomic E-state index is 0.0289. The van der Waals surface area contributed by atoms with E-state index in [0.29, 0.717) is 43.9 Å². The Morgan fingerprint density at radius 2 is 1.48 bits per heavy atom. The van der Waals surface area contributed by atoms with E-state index >= 15 is 0 Å². The van der Waals surface area contributed by atoms with E-state index in [2.05, 4.69) is 5.32 Å². The predicted octanol–water partition coefficient (Wildman–Crippen LogP) is 0.813. The van der Waals surface area contributed by atoms with Gasteiger partial charge in [-0.3, -0.25) is 9.59 Å². The standard InChI is InChI=1S/C19H31N3O4S/c1-2-27(25,26)22-5-3-21(4-6-22)17(23)13-20-18(24)19-10-14-7-15(11-19)9-16(8-14)12-19/h14-16H,2-13H2,1H3,(H,20,24). The van der Waals surface area contributed by atoms with E-state index in [9.17, 15) is 18.0 Å². The predicted molar refractivity (Wildman–Crippen MR) is 101 cm³/mol. The molecule has 4 aliphatic carbocycles. The summed E-state index contributed by atoms with van der Waals surface area (Å²) in [5.41, 5.74) is -0.233. The van der Waals surface area contributed by atoms with Crippen LogP contribution in [0.3, 0.4) is 0 Å². The second-order valence-electron chi connectivity index (χ2n) is 9.06. The highest BCUT2D eigenvalue weighted by Crippen LogP contribution is 2.60. The average Bonchev–Trinajstić information content (AvgIpc) is 2.64. The number of piperazine rings is 1. The lowest BCUT2D eigenvalue weighted by Crippen LogP contribution is -2.56. The van der Waals surface area contributed by atoms with Gasteiger partial charge in [-0.2, -0.15) is 4.31 Å². The van der Waals surface area contributed by atoms with Crippen LogP contribution in [0.25, 0.3) is 0 Å². The van der Waals surface area contributed by atoms with Gasteiger partial charge >= 0.3 is 0 Å². The SMILES string of the molecule is CCS(=O)(=O)N1CCN(C(=O)CNC(=O)C23CC4CC(CC(C4)C2)C3)CC1. The van der Waals surface area contributed by atoms with Gasteiger partial charge in [0.25, 0.3) is 0 Å². The highest BCUT2D eigenvalue weighted by atomic mass is 32.2. The molecule has 4 saturated carbocycles. The van der Waals surface area contributed by atoms with Gasteiger partial charge < -0.3 is 10.2 Å². The normalized spacial score (nSPS) is 36.0. The topological polar surface area (TPSA) is 86.8 Å². The summed E-state index contributed by atoms with van der Waals surface area (Å²) in [7, 11) is -3.20. The van der Waals surface area contributed by atoms with Gasteiger partial charge in [-0.15, -0.1) is 0 Å². The van der Waals surface area contributed by atoms with E-state index in [1.807, 2.05) is 0 Å². The lowest BCUT2D eigenvalue weighted by Gasteiger charge is -2.55. The number of rotatable bonds is 5. The van der Waals surface area contributed by atoms with Gasteiger partial charge in [-0.1, -0.05) is 0 Å².